The molecule has 0 bridgehead atoms. The number of aliphatic imine (C=N–C) groups is 1. The number of hydrogen-bond acceptors (Lipinski definition) is 2. The van der Waals surface area contributed by atoms with Crippen LogP contribution in [0.4, 0.5) is 5.69 Å². The van der Waals surface area contributed by atoms with E-state index < -0.39 is 0 Å². The maximum atomic E-state index is 4.74. The van der Waals surface area contributed by atoms with E-state index in [2.05, 4.69) is 90.4 Å². The van der Waals surface area contributed by atoms with Crippen molar-refractivity contribution in [2.75, 3.05) is 0 Å². The third-order valence-corrected chi connectivity index (χ3v) is 4.68. The maximum Gasteiger partial charge on any atom is 0.0798 e. The van der Waals surface area contributed by atoms with E-state index in [9.17, 15) is 0 Å². The molecule has 0 radical (unpaired) electrons. The van der Waals surface area contributed by atoms with E-state index in [1.165, 1.54) is 16.7 Å². The Balaban J connectivity index is 1.88. The number of isothiocyanates is 1. The highest BCUT2D eigenvalue weighted by Crippen LogP contribution is 2.30. The molecule has 132 valence electrons. The van der Waals surface area contributed by atoms with E-state index in [4.69, 9.17) is 12.2 Å². The summed E-state index contributed by atoms with van der Waals surface area (Å²) in [4.78, 5) is 4.17. The van der Waals surface area contributed by atoms with Gasteiger partial charge in [-0.3, -0.25) is 0 Å². The van der Waals surface area contributed by atoms with Gasteiger partial charge in [0.2, 0.25) is 0 Å². The number of thiocarbonyl (C=S) groups is 1. The fraction of sp³-hybridized carbons (Fsp3) is 0.160. The highest BCUT2D eigenvalue weighted by atomic mass is 32.1. The van der Waals surface area contributed by atoms with Crippen LogP contribution >= 0.6 is 12.2 Å². The van der Waals surface area contributed by atoms with Crippen molar-refractivity contribution < 1.29 is 0 Å². The van der Waals surface area contributed by atoms with Crippen molar-refractivity contribution in [3.8, 4) is 23.0 Å². The Labute approximate surface area is 166 Å². The second-order valence-electron chi connectivity index (χ2n) is 6.81. The zero-order chi connectivity index (χ0) is 19.4. The van der Waals surface area contributed by atoms with Crippen LogP contribution in [0.2, 0.25) is 0 Å². The van der Waals surface area contributed by atoms with Gasteiger partial charge >= 0.3 is 0 Å². The molecule has 0 aliphatic rings. The van der Waals surface area contributed by atoms with E-state index in [0.717, 1.165) is 33.5 Å². The van der Waals surface area contributed by atoms with Crippen LogP contribution in [0.25, 0.3) is 11.1 Å². The van der Waals surface area contributed by atoms with Gasteiger partial charge in [0.25, 0.3) is 0 Å². The van der Waals surface area contributed by atoms with E-state index >= 15 is 0 Å². The zero-order valence-corrected chi connectivity index (χ0v) is 16.9. The molecule has 0 aromatic heterocycles. The Morgan fingerprint density at radius 3 is 1.96 bits per heavy atom. The lowest BCUT2D eigenvalue weighted by atomic mass is 9.98. The lowest BCUT2D eigenvalue weighted by molar-refractivity contribution is 1.34. The summed E-state index contributed by atoms with van der Waals surface area (Å²) >= 11 is 4.74. The fourth-order valence-electron chi connectivity index (χ4n) is 3.18. The number of benzene rings is 3. The van der Waals surface area contributed by atoms with E-state index in [0.29, 0.717) is 0 Å². The highest BCUT2D eigenvalue weighted by Gasteiger charge is 2.06. The summed E-state index contributed by atoms with van der Waals surface area (Å²) in [7, 11) is 0. The van der Waals surface area contributed by atoms with Gasteiger partial charge in [0.15, 0.2) is 0 Å². The van der Waals surface area contributed by atoms with Crippen LogP contribution in [-0.2, 0) is 0 Å². The van der Waals surface area contributed by atoms with Gasteiger partial charge in [0.05, 0.1) is 10.8 Å². The summed E-state index contributed by atoms with van der Waals surface area (Å²) in [6.07, 6.45) is 0. The molecule has 3 rings (SSSR count). The van der Waals surface area contributed by atoms with Crippen LogP contribution in [0.1, 0.15) is 33.4 Å². The van der Waals surface area contributed by atoms with Crippen LogP contribution in [0.5, 0.6) is 0 Å². The summed E-state index contributed by atoms with van der Waals surface area (Å²) in [5.41, 5.74) is 9.99. The minimum atomic E-state index is 0.907. The predicted molar refractivity (Wildman–Crippen MR) is 118 cm³/mol. The molecule has 1 nitrogen and oxygen atoms in total. The van der Waals surface area contributed by atoms with E-state index in [1.54, 1.807) is 0 Å². The van der Waals surface area contributed by atoms with Gasteiger partial charge in [0.1, 0.15) is 0 Å². The molecule has 0 atom stereocenters. The molecule has 0 N–H and O–H groups in total. The Bertz CT molecular complexity index is 1080. The van der Waals surface area contributed by atoms with Crippen molar-refractivity contribution >= 4 is 23.1 Å². The zero-order valence-electron chi connectivity index (χ0n) is 16.1. The van der Waals surface area contributed by atoms with Gasteiger partial charge < -0.3 is 0 Å². The molecule has 0 spiro atoms. The molecular formula is C25H21NS. The van der Waals surface area contributed by atoms with Gasteiger partial charge in [-0.2, -0.15) is 4.99 Å². The number of rotatable bonds is 2. The standard InChI is InChI=1S/C25H21NS/c1-17-5-9-22(18(2)13-17)10-6-21-7-11-23(12-8-21)24-14-19(3)25(26-16-27)20(4)15-24/h5,7-9,11-15H,1-4H3. The average molecular weight is 368 g/mol. The second kappa shape index (κ2) is 8.14. The van der Waals surface area contributed by atoms with Crippen molar-refractivity contribution in [1.29, 1.82) is 0 Å². The third-order valence-electron chi connectivity index (χ3n) is 4.59. The Hall–Kier alpha value is -2.98. The topological polar surface area (TPSA) is 12.4 Å². The highest BCUT2D eigenvalue weighted by molar-refractivity contribution is 7.78. The van der Waals surface area contributed by atoms with Gasteiger partial charge in [-0.25, -0.2) is 0 Å². The maximum absolute atomic E-state index is 4.74. The molecule has 0 amide bonds. The molecule has 0 aliphatic heterocycles. The SMILES string of the molecule is Cc1ccc(C#Cc2ccc(-c3cc(C)c(N=C=S)c(C)c3)cc2)c(C)c1. The normalized spacial score (nSPS) is 9.93. The number of aryl methyl sites for hydroxylation is 4. The summed E-state index contributed by atoms with van der Waals surface area (Å²) in [6, 6.07) is 19.0. The second-order valence-corrected chi connectivity index (χ2v) is 6.99. The lowest BCUT2D eigenvalue weighted by Gasteiger charge is -2.09. The Morgan fingerprint density at radius 2 is 1.37 bits per heavy atom. The van der Waals surface area contributed by atoms with Gasteiger partial charge in [-0.1, -0.05) is 41.7 Å². The molecule has 27 heavy (non-hydrogen) atoms. The molecule has 2 heteroatoms. The smallest absolute Gasteiger partial charge is 0.0798 e. The average Bonchev–Trinajstić information content (AvgIpc) is 2.64. The molecule has 0 unspecified atom stereocenters. The molecular weight excluding hydrogens is 346 g/mol. The van der Waals surface area contributed by atoms with E-state index in [-0.39, 0.29) is 0 Å². The fourth-order valence-corrected chi connectivity index (χ4v) is 3.28. The van der Waals surface area contributed by atoms with Crippen LogP contribution in [0, 0.1) is 39.5 Å². The first-order valence-corrected chi connectivity index (χ1v) is 9.27. The monoisotopic (exact) mass is 367 g/mol. The van der Waals surface area contributed by atoms with Crippen molar-refractivity contribution in [2.45, 2.75) is 27.7 Å². The van der Waals surface area contributed by atoms with Crippen molar-refractivity contribution in [1.82, 2.24) is 0 Å². The number of nitrogens with zero attached hydrogens (tertiary/aromatic N) is 1. The molecule has 3 aromatic carbocycles. The minimum Gasteiger partial charge on any atom is -0.194 e. The third kappa shape index (κ3) is 4.41. The Morgan fingerprint density at radius 1 is 0.704 bits per heavy atom. The first-order valence-electron chi connectivity index (χ1n) is 8.87. The molecule has 0 saturated carbocycles. The van der Waals surface area contributed by atoms with Crippen LogP contribution < -0.4 is 0 Å². The molecule has 0 fully saturated rings. The van der Waals surface area contributed by atoms with Gasteiger partial charge in [-0.05, 0) is 98.1 Å². The molecule has 3 aromatic rings. The first kappa shape index (κ1) is 18.8. The van der Waals surface area contributed by atoms with Crippen molar-refractivity contribution in [3.05, 3.63) is 88.0 Å². The molecule has 0 aliphatic carbocycles. The summed E-state index contributed by atoms with van der Waals surface area (Å²) < 4.78 is 0. The molecule has 0 saturated heterocycles. The summed E-state index contributed by atoms with van der Waals surface area (Å²) in [6.45, 7) is 8.29. The predicted octanol–water partition coefficient (Wildman–Crippen LogP) is 6.72. The van der Waals surface area contributed by atoms with Crippen molar-refractivity contribution in [3.63, 3.8) is 0 Å². The van der Waals surface area contributed by atoms with Gasteiger partial charge in [0, 0.05) is 11.1 Å². The van der Waals surface area contributed by atoms with Crippen LogP contribution in [0.3, 0.4) is 0 Å². The lowest BCUT2D eigenvalue weighted by Crippen LogP contribution is -1.86. The van der Waals surface area contributed by atoms with Crippen LogP contribution in [0.15, 0.2) is 59.6 Å². The quantitative estimate of drug-likeness (QED) is 0.278. The van der Waals surface area contributed by atoms with Crippen molar-refractivity contribution in [2.24, 2.45) is 4.99 Å². The first-order chi connectivity index (χ1) is 13.0. The van der Waals surface area contributed by atoms with Gasteiger partial charge in [-0.15, -0.1) is 0 Å². The molecule has 0 heterocycles. The minimum absolute atomic E-state index is 0.907. The largest absolute Gasteiger partial charge is 0.194 e. The number of hydrogen-bond donors (Lipinski definition) is 0. The Kier molecular flexibility index (Phi) is 5.67. The summed E-state index contributed by atoms with van der Waals surface area (Å²) in [5, 5.41) is 2.46. The van der Waals surface area contributed by atoms with E-state index in [1.807, 2.05) is 13.8 Å². The van der Waals surface area contributed by atoms with Crippen LogP contribution in [-0.4, -0.2) is 5.16 Å². The summed E-state index contributed by atoms with van der Waals surface area (Å²) in [5.74, 6) is 6.54.